The van der Waals surface area contributed by atoms with Crippen LogP contribution >= 0.6 is 11.3 Å². The second-order valence-corrected chi connectivity index (χ2v) is 9.13. The van der Waals surface area contributed by atoms with E-state index in [2.05, 4.69) is 4.98 Å². The first kappa shape index (κ1) is 26.2. The number of alkyl halides is 3. The molecule has 10 heteroatoms. The van der Waals surface area contributed by atoms with Gasteiger partial charge >= 0.3 is 12.1 Å². The fourth-order valence-electron chi connectivity index (χ4n) is 3.92. The van der Waals surface area contributed by atoms with Crippen molar-refractivity contribution in [3.8, 4) is 16.9 Å². The molecule has 0 saturated carbocycles. The van der Waals surface area contributed by atoms with Crippen LogP contribution in [0.3, 0.4) is 0 Å². The topological polar surface area (TPSA) is 79.4 Å². The Hall–Kier alpha value is -3.92. The van der Waals surface area contributed by atoms with Gasteiger partial charge in [-0.15, -0.1) is 11.3 Å². The second kappa shape index (κ2) is 10.6. The summed E-state index contributed by atoms with van der Waals surface area (Å²) in [5.74, 6) is -3.90. The molecule has 2 heterocycles. The van der Waals surface area contributed by atoms with Crippen LogP contribution < -0.4 is 4.74 Å². The first-order valence-corrected chi connectivity index (χ1v) is 12.1. The van der Waals surface area contributed by atoms with Crippen molar-refractivity contribution in [2.45, 2.75) is 25.4 Å². The Bertz CT molecular complexity index is 1430. The molecule has 0 spiro atoms. The number of halogens is 4. The summed E-state index contributed by atoms with van der Waals surface area (Å²) in [7, 11) is 0. The quantitative estimate of drug-likeness (QED) is 0.174. The maximum Gasteiger partial charge on any atom is 0.416 e. The average Bonchev–Trinajstić information content (AvgIpc) is 3.55. The molecule has 0 radical (unpaired) electrons. The van der Waals surface area contributed by atoms with Crippen molar-refractivity contribution in [2.24, 2.45) is 0 Å². The van der Waals surface area contributed by atoms with Gasteiger partial charge in [-0.05, 0) is 71.5 Å². The number of aromatic amines is 1. The van der Waals surface area contributed by atoms with Gasteiger partial charge in [0, 0.05) is 17.5 Å². The van der Waals surface area contributed by atoms with Gasteiger partial charge in [0.1, 0.15) is 16.4 Å². The van der Waals surface area contributed by atoms with Crippen LogP contribution in [-0.4, -0.2) is 28.4 Å². The standard InChI is InChI=1S/C27H21F4NO4S/c1-2-10-36-22-8-5-15(16-12-23(26(34)35)37-14-16)11-19(22)24(21-4-3-9-32-21)25(33)18-7-6-17(13-20(18)28)27(29,30)31/h3-9,11-14,24,32H,2,10H2,1H3,(H,34,35). The van der Waals surface area contributed by atoms with Crippen molar-refractivity contribution >= 4 is 23.1 Å². The van der Waals surface area contributed by atoms with Crippen molar-refractivity contribution in [3.05, 3.63) is 99.3 Å². The van der Waals surface area contributed by atoms with Crippen molar-refractivity contribution in [2.75, 3.05) is 6.61 Å². The summed E-state index contributed by atoms with van der Waals surface area (Å²) in [6.07, 6.45) is -2.51. The highest BCUT2D eigenvalue weighted by molar-refractivity contribution is 7.12. The molecule has 192 valence electrons. The molecule has 0 aliphatic rings. The molecule has 2 aromatic carbocycles. The van der Waals surface area contributed by atoms with Gasteiger partial charge in [0.05, 0.1) is 23.7 Å². The molecule has 1 atom stereocenters. The molecule has 4 aromatic rings. The smallest absolute Gasteiger partial charge is 0.416 e. The summed E-state index contributed by atoms with van der Waals surface area (Å²) < 4.78 is 59.9. The number of ether oxygens (including phenoxy) is 1. The number of nitrogens with one attached hydrogen (secondary N) is 1. The summed E-state index contributed by atoms with van der Waals surface area (Å²) in [4.78, 5) is 28.1. The fraction of sp³-hybridized carbons (Fsp3) is 0.185. The van der Waals surface area contributed by atoms with Gasteiger partial charge in [-0.3, -0.25) is 4.79 Å². The first-order valence-electron chi connectivity index (χ1n) is 11.2. The largest absolute Gasteiger partial charge is 0.493 e. The number of Topliss-reactive ketones (excluding diaryl/α,β-unsaturated/α-hetero) is 1. The van der Waals surface area contributed by atoms with E-state index in [-0.39, 0.29) is 4.88 Å². The first-order chi connectivity index (χ1) is 17.6. The summed E-state index contributed by atoms with van der Waals surface area (Å²) >= 11 is 1.05. The zero-order valence-electron chi connectivity index (χ0n) is 19.4. The average molecular weight is 532 g/mol. The number of ketones is 1. The zero-order valence-corrected chi connectivity index (χ0v) is 20.3. The Labute approximate surface area is 213 Å². The van der Waals surface area contributed by atoms with E-state index in [0.717, 1.165) is 17.4 Å². The normalized spacial score (nSPS) is 12.4. The molecule has 2 N–H and O–H groups in total. The SMILES string of the molecule is CCCOc1ccc(-c2csc(C(=O)O)c2)cc1C(C(=O)c1ccc(C(F)(F)F)cc1F)c1ccc[nH]1. The number of benzene rings is 2. The lowest BCUT2D eigenvalue weighted by Gasteiger charge is -2.21. The van der Waals surface area contributed by atoms with Gasteiger partial charge < -0.3 is 14.8 Å². The summed E-state index contributed by atoms with van der Waals surface area (Å²) in [6.45, 7) is 2.23. The molecule has 37 heavy (non-hydrogen) atoms. The number of hydrogen-bond donors (Lipinski definition) is 2. The van der Waals surface area contributed by atoms with E-state index < -0.39 is 40.8 Å². The summed E-state index contributed by atoms with van der Waals surface area (Å²) in [5, 5.41) is 10.9. The molecule has 0 fully saturated rings. The number of hydrogen-bond acceptors (Lipinski definition) is 4. The number of carbonyl (C=O) groups is 2. The molecule has 0 bridgehead atoms. The molecule has 0 aliphatic carbocycles. The number of carboxylic acids is 1. The van der Waals surface area contributed by atoms with Crippen LogP contribution in [0.1, 0.15) is 56.1 Å². The van der Waals surface area contributed by atoms with Gasteiger partial charge in [0.15, 0.2) is 5.78 Å². The number of aromatic carboxylic acids is 1. The lowest BCUT2D eigenvalue weighted by molar-refractivity contribution is -0.137. The van der Waals surface area contributed by atoms with Crippen LogP contribution in [0, 0.1) is 5.82 Å². The molecule has 0 saturated heterocycles. The van der Waals surface area contributed by atoms with Crippen LogP contribution in [0.15, 0.2) is 66.2 Å². The Morgan fingerprint density at radius 3 is 2.46 bits per heavy atom. The van der Waals surface area contributed by atoms with Gasteiger partial charge in [-0.2, -0.15) is 13.2 Å². The molecule has 4 rings (SSSR count). The lowest BCUT2D eigenvalue weighted by Crippen LogP contribution is -2.18. The van der Waals surface area contributed by atoms with E-state index in [1.807, 2.05) is 6.92 Å². The van der Waals surface area contributed by atoms with E-state index >= 15 is 0 Å². The van der Waals surface area contributed by atoms with Crippen LogP contribution in [0.4, 0.5) is 17.6 Å². The Morgan fingerprint density at radius 2 is 1.86 bits per heavy atom. The second-order valence-electron chi connectivity index (χ2n) is 8.22. The third-order valence-corrected chi connectivity index (χ3v) is 6.60. The third-order valence-electron chi connectivity index (χ3n) is 5.68. The lowest BCUT2D eigenvalue weighted by atomic mass is 9.85. The van der Waals surface area contributed by atoms with E-state index in [4.69, 9.17) is 4.74 Å². The minimum Gasteiger partial charge on any atom is -0.493 e. The zero-order chi connectivity index (χ0) is 26.7. The van der Waals surface area contributed by atoms with E-state index in [0.29, 0.717) is 53.3 Å². The predicted octanol–water partition coefficient (Wildman–Crippen LogP) is 7.40. The van der Waals surface area contributed by atoms with Gasteiger partial charge in [-0.25, -0.2) is 9.18 Å². The van der Waals surface area contributed by atoms with Crippen LogP contribution in [0.25, 0.3) is 11.1 Å². The monoisotopic (exact) mass is 531 g/mol. The third kappa shape index (κ3) is 5.59. The number of rotatable bonds is 9. The molecule has 1 unspecified atom stereocenters. The number of carboxylic acid groups (broad SMARTS) is 1. The van der Waals surface area contributed by atoms with Gasteiger partial charge in [-0.1, -0.05) is 13.0 Å². The maximum atomic E-state index is 14.9. The van der Waals surface area contributed by atoms with Crippen molar-refractivity contribution in [1.29, 1.82) is 0 Å². The Morgan fingerprint density at radius 1 is 1.08 bits per heavy atom. The predicted molar refractivity (Wildman–Crippen MR) is 131 cm³/mol. The molecular formula is C27H21F4NO4S. The van der Waals surface area contributed by atoms with Crippen LogP contribution in [0.2, 0.25) is 0 Å². The summed E-state index contributed by atoms with van der Waals surface area (Å²) in [5.41, 5.74) is 0.255. The highest BCUT2D eigenvalue weighted by Gasteiger charge is 2.34. The molecule has 2 aromatic heterocycles. The van der Waals surface area contributed by atoms with E-state index in [1.165, 1.54) is 6.07 Å². The minimum absolute atomic E-state index is 0.131. The van der Waals surface area contributed by atoms with E-state index in [1.54, 1.807) is 41.9 Å². The minimum atomic E-state index is -4.76. The van der Waals surface area contributed by atoms with Crippen molar-refractivity contribution < 1.29 is 37.0 Å². The number of carbonyl (C=O) groups excluding carboxylic acids is 1. The molecule has 0 aliphatic heterocycles. The van der Waals surface area contributed by atoms with Crippen molar-refractivity contribution in [3.63, 3.8) is 0 Å². The maximum absolute atomic E-state index is 14.9. The summed E-state index contributed by atoms with van der Waals surface area (Å²) in [6, 6.07) is 11.6. The number of aromatic nitrogens is 1. The number of thiophene rings is 1. The van der Waals surface area contributed by atoms with Gasteiger partial charge in [0.2, 0.25) is 0 Å². The molecular weight excluding hydrogens is 510 g/mol. The van der Waals surface area contributed by atoms with Crippen LogP contribution in [-0.2, 0) is 6.18 Å². The molecule has 0 amide bonds. The fourth-order valence-corrected chi connectivity index (χ4v) is 4.67. The highest BCUT2D eigenvalue weighted by Crippen LogP contribution is 2.39. The number of H-pyrrole nitrogens is 1. The Balaban J connectivity index is 1.86. The van der Waals surface area contributed by atoms with Gasteiger partial charge in [0.25, 0.3) is 0 Å². The van der Waals surface area contributed by atoms with Crippen LogP contribution in [0.5, 0.6) is 5.75 Å². The Kier molecular flexibility index (Phi) is 7.49. The van der Waals surface area contributed by atoms with Crippen molar-refractivity contribution in [1.82, 2.24) is 4.98 Å². The highest BCUT2D eigenvalue weighted by atomic mass is 32.1. The molecule has 5 nitrogen and oxygen atoms in total. The van der Waals surface area contributed by atoms with E-state index in [9.17, 15) is 32.3 Å².